The van der Waals surface area contributed by atoms with Crippen LogP contribution in [0.2, 0.25) is 0 Å². The largest absolute Gasteiger partial charge is 0.381 e. The van der Waals surface area contributed by atoms with Crippen LogP contribution in [0.5, 0.6) is 0 Å². The van der Waals surface area contributed by atoms with Gasteiger partial charge in [0.1, 0.15) is 0 Å². The van der Waals surface area contributed by atoms with Gasteiger partial charge in [-0.15, -0.1) is 0 Å². The molecule has 17 heavy (non-hydrogen) atoms. The molecule has 0 heterocycles. The molecule has 2 nitrogen and oxygen atoms in total. The smallest absolute Gasteiger partial charge is 0.0489 e. The van der Waals surface area contributed by atoms with Crippen LogP contribution in [0, 0.1) is 11.8 Å². The van der Waals surface area contributed by atoms with Crippen molar-refractivity contribution >= 4 is 0 Å². The Labute approximate surface area is 109 Å². The standard InChI is InChI=1S/C15H33NO/c1-6-14(5)11-15(7-2)16-9-8-10-17-12-13(3)4/h13-16H,6-12H2,1-5H3. The number of ether oxygens (including phenoxy) is 1. The van der Waals surface area contributed by atoms with Gasteiger partial charge in [-0.2, -0.15) is 0 Å². The van der Waals surface area contributed by atoms with Gasteiger partial charge in [0.15, 0.2) is 0 Å². The minimum Gasteiger partial charge on any atom is -0.381 e. The van der Waals surface area contributed by atoms with Crippen molar-refractivity contribution in [1.29, 1.82) is 0 Å². The Morgan fingerprint density at radius 1 is 1.06 bits per heavy atom. The second kappa shape index (κ2) is 11.0. The molecule has 104 valence electrons. The third kappa shape index (κ3) is 10.8. The molecule has 0 aliphatic carbocycles. The molecule has 0 aromatic carbocycles. The molecule has 0 radical (unpaired) electrons. The SMILES string of the molecule is CCC(C)CC(CC)NCCCOCC(C)C. The topological polar surface area (TPSA) is 21.3 Å². The Hall–Kier alpha value is -0.0800. The van der Waals surface area contributed by atoms with E-state index in [1.807, 2.05) is 0 Å². The first-order chi connectivity index (χ1) is 8.10. The van der Waals surface area contributed by atoms with E-state index < -0.39 is 0 Å². The van der Waals surface area contributed by atoms with Gasteiger partial charge in [0.25, 0.3) is 0 Å². The van der Waals surface area contributed by atoms with E-state index in [1.54, 1.807) is 0 Å². The summed E-state index contributed by atoms with van der Waals surface area (Å²) in [5, 5.41) is 3.64. The summed E-state index contributed by atoms with van der Waals surface area (Å²) >= 11 is 0. The molecule has 2 atom stereocenters. The number of nitrogens with one attached hydrogen (secondary N) is 1. The van der Waals surface area contributed by atoms with Crippen LogP contribution in [-0.2, 0) is 4.74 Å². The highest BCUT2D eigenvalue weighted by atomic mass is 16.5. The summed E-state index contributed by atoms with van der Waals surface area (Å²) < 4.78 is 5.57. The van der Waals surface area contributed by atoms with Crippen LogP contribution in [-0.4, -0.2) is 25.8 Å². The predicted molar refractivity (Wildman–Crippen MR) is 76.4 cm³/mol. The predicted octanol–water partition coefficient (Wildman–Crippen LogP) is 3.85. The monoisotopic (exact) mass is 243 g/mol. The zero-order chi connectivity index (χ0) is 13.1. The molecule has 0 aromatic heterocycles. The third-order valence-electron chi connectivity index (χ3n) is 3.23. The van der Waals surface area contributed by atoms with Crippen molar-refractivity contribution in [3.8, 4) is 0 Å². The van der Waals surface area contributed by atoms with Crippen LogP contribution >= 0.6 is 0 Å². The zero-order valence-corrected chi connectivity index (χ0v) is 12.6. The maximum atomic E-state index is 5.57. The molecule has 0 aliphatic heterocycles. The second-order valence-electron chi connectivity index (χ2n) is 5.63. The summed E-state index contributed by atoms with van der Waals surface area (Å²) in [6.45, 7) is 14.2. The number of hydrogen-bond acceptors (Lipinski definition) is 2. The van der Waals surface area contributed by atoms with Crippen LogP contribution in [0.25, 0.3) is 0 Å². The lowest BCUT2D eigenvalue weighted by Gasteiger charge is -2.20. The first-order valence-corrected chi connectivity index (χ1v) is 7.41. The Morgan fingerprint density at radius 2 is 1.76 bits per heavy atom. The van der Waals surface area contributed by atoms with Crippen LogP contribution in [0.1, 0.15) is 60.3 Å². The average Bonchev–Trinajstić information content (AvgIpc) is 2.31. The first kappa shape index (κ1) is 16.9. The van der Waals surface area contributed by atoms with Crippen molar-refractivity contribution in [3.63, 3.8) is 0 Å². The first-order valence-electron chi connectivity index (χ1n) is 7.41. The van der Waals surface area contributed by atoms with Crippen LogP contribution in [0.4, 0.5) is 0 Å². The second-order valence-corrected chi connectivity index (χ2v) is 5.63. The van der Waals surface area contributed by atoms with Gasteiger partial charge < -0.3 is 10.1 Å². The Bertz CT molecular complexity index is 159. The minimum absolute atomic E-state index is 0.650. The quantitative estimate of drug-likeness (QED) is 0.556. The van der Waals surface area contributed by atoms with Crippen molar-refractivity contribution in [1.82, 2.24) is 5.32 Å². The third-order valence-corrected chi connectivity index (χ3v) is 3.23. The Morgan fingerprint density at radius 3 is 2.29 bits per heavy atom. The van der Waals surface area contributed by atoms with E-state index in [2.05, 4.69) is 39.9 Å². The summed E-state index contributed by atoms with van der Waals surface area (Å²) in [5.74, 6) is 1.49. The lowest BCUT2D eigenvalue weighted by atomic mass is 9.98. The van der Waals surface area contributed by atoms with E-state index in [4.69, 9.17) is 4.74 Å². The molecule has 0 bridgehead atoms. The molecule has 0 amide bonds. The highest BCUT2D eigenvalue weighted by Gasteiger charge is 2.09. The van der Waals surface area contributed by atoms with E-state index in [1.165, 1.54) is 19.3 Å². The highest BCUT2D eigenvalue weighted by molar-refractivity contribution is 4.67. The maximum Gasteiger partial charge on any atom is 0.0489 e. The van der Waals surface area contributed by atoms with E-state index in [9.17, 15) is 0 Å². The fourth-order valence-electron chi connectivity index (χ4n) is 1.85. The van der Waals surface area contributed by atoms with Crippen molar-refractivity contribution in [2.45, 2.75) is 66.3 Å². The molecule has 2 unspecified atom stereocenters. The molecule has 0 saturated heterocycles. The average molecular weight is 243 g/mol. The fraction of sp³-hybridized carbons (Fsp3) is 1.00. The van der Waals surface area contributed by atoms with E-state index in [0.717, 1.165) is 32.1 Å². The van der Waals surface area contributed by atoms with E-state index in [-0.39, 0.29) is 0 Å². The van der Waals surface area contributed by atoms with Crippen LogP contribution < -0.4 is 5.32 Å². The molecule has 0 aromatic rings. The fourth-order valence-corrected chi connectivity index (χ4v) is 1.85. The molecule has 1 N–H and O–H groups in total. The Balaban J connectivity index is 3.43. The van der Waals surface area contributed by atoms with Gasteiger partial charge in [0, 0.05) is 19.3 Å². The van der Waals surface area contributed by atoms with Crippen molar-refractivity contribution < 1.29 is 4.74 Å². The molecule has 0 fully saturated rings. The van der Waals surface area contributed by atoms with Gasteiger partial charge in [0.05, 0.1) is 0 Å². The summed E-state index contributed by atoms with van der Waals surface area (Å²) in [5.41, 5.74) is 0. The summed E-state index contributed by atoms with van der Waals surface area (Å²) in [7, 11) is 0. The van der Waals surface area contributed by atoms with Crippen LogP contribution in [0.3, 0.4) is 0 Å². The molecule has 0 rings (SSSR count). The number of hydrogen-bond donors (Lipinski definition) is 1. The van der Waals surface area contributed by atoms with Gasteiger partial charge in [-0.05, 0) is 37.6 Å². The molecule has 2 heteroatoms. The summed E-state index contributed by atoms with van der Waals surface area (Å²) in [6.07, 6.45) is 4.95. The normalized spacial score (nSPS) is 15.2. The van der Waals surface area contributed by atoms with Crippen LogP contribution in [0.15, 0.2) is 0 Å². The summed E-state index contributed by atoms with van der Waals surface area (Å²) in [4.78, 5) is 0. The van der Waals surface area contributed by atoms with Gasteiger partial charge in [-0.25, -0.2) is 0 Å². The van der Waals surface area contributed by atoms with Crippen molar-refractivity contribution in [2.75, 3.05) is 19.8 Å². The maximum absolute atomic E-state index is 5.57. The lowest BCUT2D eigenvalue weighted by Crippen LogP contribution is -2.31. The van der Waals surface area contributed by atoms with Gasteiger partial charge in [-0.3, -0.25) is 0 Å². The van der Waals surface area contributed by atoms with Gasteiger partial charge in [-0.1, -0.05) is 41.0 Å². The molecule has 0 saturated carbocycles. The van der Waals surface area contributed by atoms with E-state index in [0.29, 0.717) is 12.0 Å². The van der Waals surface area contributed by atoms with Gasteiger partial charge >= 0.3 is 0 Å². The molecule has 0 spiro atoms. The molecular formula is C15H33NO. The minimum atomic E-state index is 0.650. The lowest BCUT2D eigenvalue weighted by molar-refractivity contribution is 0.107. The zero-order valence-electron chi connectivity index (χ0n) is 12.6. The van der Waals surface area contributed by atoms with Crippen molar-refractivity contribution in [3.05, 3.63) is 0 Å². The van der Waals surface area contributed by atoms with E-state index >= 15 is 0 Å². The Kier molecular flexibility index (Phi) is 11.0. The van der Waals surface area contributed by atoms with Gasteiger partial charge in [0.2, 0.25) is 0 Å². The number of rotatable bonds is 11. The molecule has 0 aliphatic rings. The highest BCUT2D eigenvalue weighted by Crippen LogP contribution is 2.11. The summed E-state index contributed by atoms with van der Waals surface area (Å²) in [6, 6.07) is 0.690. The van der Waals surface area contributed by atoms with Crippen molar-refractivity contribution in [2.24, 2.45) is 11.8 Å². The molecular weight excluding hydrogens is 210 g/mol.